The molecular weight excluding hydrogens is 250 g/mol. The van der Waals surface area contributed by atoms with Gasteiger partial charge in [-0.15, -0.1) is 0 Å². The van der Waals surface area contributed by atoms with E-state index in [2.05, 4.69) is 31.3 Å². The lowest BCUT2D eigenvalue weighted by atomic mass is 9.80. The molecule has 1 unspecified atom stereocenters. The molecule has 1 aromatic carbocycles. The number of hydrogen-bond donors (Lipinski definition) is 2. The maximum absolute atomic E-state index is 10.3. The van der Waals surface area contributed by atoms with E-state index >= 15 is 0 Å². The Morgan fingerprint density at radius 1 is 1.25 bits per heavy atom. The Morgan fingerprint density at radius 3 is 2.70 bits per heavy atom. The summed E-state index contributed by atoms with van der Waals surface area (Å²) in [6, 6.07) is 4.71. The van der Waals surface area contributed by atoms with Gasteiger partial charge < -0.3 is 15.2 Å². The summed E-state index contributed by atoms with van der Waals surface area (Å²) in [6.07, 6.45) is 5.15. The van der Waals surface area contributed by atoms with Crippen LogP contribution in [0.5, 0.6) is 5.75 Å². The predicted octanol–water partition coefficient (Wildman–Crippen LogP) is 3.02. The largest absolute Gasteiger partial charge is 0.493 e. The molecule has 0 amide bonds. The fourth-order valence-electron chi connectivity index (χ4n) is 3.12. The molecule has 0 radical (unpaired) electrons. The smallest absolute Gasteiger partial charge is 0.124 e. The number of nitrogens with one attached hydrogen (secondary N) is 1. The number of fused-ring (bicyclic) bond motifs is 1. The number of rotatable bonds is 3. The van der Waals surface area contributed by atoms with Crippen LogP contribution < -0.4 is 10.1 Å². The number of aryl methyl sites for hydroxylation is 2. The molecule has 3 heteroatoms. The summed E-state index contributed by atoms with van der Waals surface area (Å²) in [5.74, 6) is 1.02. The Labute approximate surface area is 121 Å². The minimum Gasteiger partial charge on any atom is -0.493 e. The molecule has 1 aliphatic heterocycles. The second-order valence-electron chi connectivity index (χ2n) is 6.48. The molecule has 20 heavy (non-hydrogen) atoms. The van der Waals surface area contributed by atoms with Crippen molar-refractivity contribution in [1.82, 2.24) is 5.32 Å². The zero-order chi connectivity index (χ0) is 14.2. The zero-order valence-corrected chi connectivity index (χ0v) is 12.5. The maximum atomic E-state index is 10.3. The molecule has 3 nitrogen and oxygen atoms in total. The van der Waals surface area contributed by atoms with Crippen molar-refractivity contribution in [2.75, 3.05) is 13.2 Å². The van der Waals surface area contributed by atoms with Crippen LogP contribution in [0.1, 0.15) is 54.8 Å². The molecule has 1 fully saturated rings. The van der Waals surface area contributed by atoms with Gasteiger partial charge in [0.1, 0.15) is 5.75 Å². The number of ether oxygens (including phenoxy) is 1. The van der Waals surface area contributed by atoms with E-state index in [0.29, 0.717) is 12.6 Å². The SMILES string of the molecule is Cc1cc2c(cc1C)C(NCC1(O)CCC1)CCCO2. The molecular formula is C17H25NO2. The monoisotopic (exact) mass is 275 g/mol. The third kappa shape index (κ3) is 2.70. The predicted molar refractivity (Wildman–Crippen MR) is 80.2 cm³/mol. The molecule has 0 aromatic heterocycles. The molecule has 1 aromatic rings. The van der Waals surface area contributed by atoms with Crippen LogP contribution in [0.3, 0.4) is 0 Å². The van der Waals surface area contributed by atoms with Crippen molar-refractivity contribution in [2.45, 2.75) is 57.6 Å². The standard InChI is InChI=1S/C17H25NO2/c1-12-9-14-15(18-11-17(19)6-4-7-17)5-3-8-20-16(14)10-13(12)2/h9-10,15,18-19H,3-8,11H2,1-2H3. The molecule has 2 N–H and O–H groups in total. The van der Waals surface area contributed by atoms with Gasteiger partial charge in [-0.3, -0.25) is 0 Å². The molecule has 2 aliphatic rings. The van der Waals surface area contributed by atoms with Crippen molar-refractivity contribution < 1.29 is 9.84 Å². The second-order valence-corrected chi connectivity index (χ2v) is 6.48. The Kier molecular flexibility index (Phi) is 3.74. The van der Waals surface area contributed by atoms with E-state index in [9.17, 15) is 5.11 Å². The summed E-state index contributed by atoms with van der Waals surface area (Å²) in [6.45, 7) is 5.77. The maximum Gasteiger partial charge on any atom is 0.124 e. The Hall–Kier alpha value is -1.06. The summed E-state index contributed by atoms with van der Waals surface area (Å²) < 4.78 is 5.88. The minimum absolute atomic E-state index is 0.302. The normalized spacial score (nSPS) is 24.2. The van der Waals surface area contributed by atoms with Crippen LogP contribution in [-0.2, 0) is 0 Å². The van der Waals surface area contributed by atoms with Gasteiger partial charge in [0, 0.05) is 18.2 Å². The van der Waals surface area contributed by atoms with Gasteiger partial charge in [0.15, 0.2) is 0 Å². The van der Waals surface area contributed by atoms with E-state index < -0.39 is 5.60 Å². The summed E-state index contributed by atoms with van der Waals surface area (Å²) in [5.41, 5.74) is 3.38. The highest BCUT2D eigenvalue weighted by Gasteiger charge is 2.35. The summed E-state index contributed by atoms with van der Waals surface area (Å²) >= 11 is 0. The lowest BCUT2D eigenvalue weighted by Crippen LogP contribution is -2.47. The second kappa shape index (κ2) is 5.38. The first kappa shape index (κ1) is 13.9. The molecule has 1 heterocycles. The van der Waals surface area contributed by atoms with Gasteiger partial charge in [0.2, 0.25) is 0 Å². The fraction of sp³-hybridized carbons (Fsp3) is 0.647. The lowest BCUT2D eigenvalue weighted by Gasteiger charge is -2.38. The molecule has 3 rings (SSSR count). The van der Waals surface area contributed by atoms with Crippen LogP contribution in [-0.4, -0.2) is 23.9 Å². The minimum atomic E-state index is -0.465. The van der Waals surface area contributed by atoms with Crippen LogP contribution >= 0.6 is 0 Å². The van der Waals surface area contributed by atoms with Crippen molar-refractivity contribution in [3.8, 4) is 5.75 Å². The van der Waals surface area contributed by atoms with E-state index in [0.717, 1.165) is 44.5 Å². The molecule has 1 aliphatic carbocycles. The topological polar surface area (TPSA) is 41.5 Å². The summed E-state index contributed by atoms with van der Waals surface area (Å²) in [7, 11) is 0. The van der Waals surface area contributed by atoms with E-state index in [1.807, 2.05) is 0 Å². The van der Waals surface area contributed by atoms with Gasteiger partial charge in [0.05, 0.1) is 12.2 Å². The highest BCUT2D eigenvalue weighted by molar-refractivity contribution is 5.44. The van der Waals surface area contributed by atoms with Crippen LogP contribution in [0.25, 0.3) is 0 Å². The van der Waals surface area contributed by atoms with Gasteiger partial charge >= 0.3 is 0 Å². The van der Waals surface area contributed by atoms with Crippen molar-refractivity contribution in [2.24, 2.45) is 0 Å². The van der Waals surface area contributed by atoms with Gasteiger partial charge in [-0.05, 0) is 63.1 Å². The van der Waals surface area contributed by atoms with Crippen molar-refractivity contribution >= 4 is 0 Å². The Balaban J connectivity index is 1.79. The van der Waals surface area contributed by atoms with Crippen molar-refractivity contribution in [3.05, 3.63) is 28.8 Å². The summed E-state index contributed by atoms with van der Waals surface area (Å²) in [4.78, 5) is 0. The lowest BCUT2D eigenvalue weighted by molar-refractivity contribution is -0.0334. The van der Waals surface area contributed by atoms with E-state index in [4.69, 9.17) is 4.74 Å². The van der Waals surface area contributed by atoms with Crippen LogP contribution in [0.4, 0.5) is 0 Å². The summed E-state index contributed by atoms with van der Waals surface area (Å²) in [5, 5.41) is 13.8. The van der Waals surface area contributed by atoms with E-state index in [1.165, 1.54) is 16.7 Å². The number of aliphatic hydroxyl groups is 1. The van der Waals surface area contributed by atoms with Gasteiger partial charge in [-0.25, -0.2) is 0 Å². The van der Waals surface area contributed by atoms with Crippen molar-refractivity contribution in [1.29, 1.82) is 0 Å². The first-order valence-electron chi connectivity index (χ1n) is 7.77. The first-order valence-corrected chi connectivity index (χ1v) is 7.77. The fourth-order valence-corrected chi connectivity index (χ4v) is 3.12. The third-order valence-electron chi connectivity index (χ3n) is 4.86. The highest BCUT2D eigenvalue weighted by Crippen LogP contribution is 2.36. The van der Waals surface area contributed by atoms with E-state index in [-0.39, 0.29) is 0 Å². The van der Waals surface area contributed by atoms with Crippen LogP contribution in [0.2, 0.25) is 0 Å². The quantitative estimate of drug-likeness (QED) is 0.891. The highest BCUT2D eigenvalue weighted by atomic mass is 16.5. The first-order chi connectivity index (χ1) is 9.57. The van der Waals surface area contributed by atoms with Crippen molar-refractivity contribution in [3.63, 3.8) is 0 Å². The molecule has 0 spiro atoms. The molecule has 0 bridgehead atoms. The molecule has 1 atom stereocenters. The number of benzene rings is 1. The molecule has 0 saturated heterocycles. The van der Waals surface area contributed by atoms with Gasteiger partial charge in [-0.2, -0.15) is 0 Å². The van der Waals surface area contributed by atoms with E-state index in [1.54, 1.807) is 0 Å². The third-order valence-corrected chi connectivity index (χ3v) is 4.86. The Morgan fingerprint density at radius 2 is 2.00 bits per heavy atom. The number of hydrogen-bond acceptors (Lipinski definition) is 3. The van der Waals surface area contributed by atoms with Gasteiger partial charge in [-0.1, -0.05) is 6.07 Å². The average molecular weight is 275 g/mol. The van der Waals surface area contributed by atoms with Crippen LogP contribution in [0.15, 0.2) is 12.1 Å². The van der Waals surface area contributed by atoms with Gasteiger partial charge in [0.25, 0.3) is 0 Å². The molecule has 1 saturated carbocycles. The molecule has 110 valence electrons. The average Bonchev–Trinajstić information content (AvgIpc) is 2.57. The zero-order valence-electron chi connectivity index (χ0n) is 12.5. The van der Waals surface area contributed by atoms with Crippen LogP contribution in [0, 0.1) is 13.8 Å². The Bertz CT molecular complexity index is 494.